The number of aromatic amines is 1. The molecule has 0 fully saturated rings. The summed E-state index contributed by atoms with van der Waals surface area (Å²) in [5.74, 6) is 0. The average Bonchev–Trinajstić information content (AvgIpc) is 2.78. The third-order valence-corrected chi connectivity index (χ3v) is 4.99. The summed E-state index contributed by atoms with van der Waals surface area (Å²) in [4.78, 5) is 12.7. The van der Waals surface area contributed by atoms with E-state index in [-0.39, 0.29) is 11.0 Å². The highest BCUT2D eigenvalue weighted by atomic mass is 32.1. The molecule has 0 amide bonds. The number of hydrogen-bond acceptors (Lipinski definition) is 2. The number of H-pyrrole nitrogens is 1. The minimum atomic E-state index is -0.0722. The van der Waals surface area contributed by atoms with Gasteiger partial charge in [0.25, 0.3) is 5.56 Å². The lowest BCUT2D eigenvalue weighted by Crippen LogP contribution is -2.25. The average molecular weight is 300 g/mol. The van der Waals surface area contributed by atoms with Crippen LogP contribution in [0.1, 0.15) is 48.9 Å². The van der Waals surface area contributed by atoms with Crippen LogP contribution in [-0.4, -0.2) is 14.6 Å². The monoisotopic (exact) mass is 300 g/mol. The highest BCUT2D eigenvalue weighted by Crippen LogP contribution is 2.37. The summed E-state index contributed by atoms with van der Waals surface area (Å²) in [6, 6.07) is 6.41. The standard InChI is InChI=1S/C17H20N2OS/c1-17(2)8-4-5-11-6-7-12(9-14(11)17)15(21)13-10-18-19(3)16(13)20/h6-7,9-10,18H,4-5,8H2,1-3H3. The Kier molecular flexibility index (Phi) is 3.36. The smallest absolute Gasteiger partial charge is 0.274 e. The van der Waals surface area contributed by atoms with Gasteiger partial charge in [-0.25, -0.2) is 0 Å². The molecule has 0 saturated heterocycles. The van der Waals surface area contributed by atoms with Crippen molar-refractivity contribution in [2.75, 3.05) is 0 Å². The molecule has 0 spiro atoms. The van der Waals surface area contributed by atoms with E-state index in [4.69, 9.17) is 12.2 Å². The van der Waals surface area contributed by atoms with Crippen LogP contribution in [0, 0.1) is 0 Å². The third-order valence-electron chi connectivity index (χ3n) is 4.53. The molecule has 1 aromatic carbocycles. The van der Waals surface area contributed by atoms with Gasteiger partial charge in [0.05, 0.1) is 10.4 Å². The molecule has 1 aliphatic rings. The maximum absolute atomic E-state index is 12.0. The van der Waals surface area contributed by atoms with Crippen LogP contribution in [0.3, 0.4) is 0 Å². The number of rotatable bonds is 2. The number of nitrogens with zero attached hydrogens (tertiary/aromatic N) is 1. The molecular weight excluding hydrogens is 280 g/mol. The fraction of sp³-hybridized carbons (Fsp3) is 0.412. The van der Waals surface area contributed by atoms with Crippen LogP contribution < -0.4 is 5.56 Å². The molecule has 0 saturated carbocycles. The van der Waals surface area contributed by atoms with Gasteiger partial charge in [-0.2, -0.15) is 0 Å². The summed E-state index contributed by atoms with van der Waals surface area (Å²) in [5.41, 5.74) is 4.44. The molecular formula is C17H20N2OS. The summed E-state index contributed by atoms with van der Waals surface area (Å²) >= 11 is 5.53. The van der Waals surface area contributed by atoms with Gasteiger partial charge in [-0.05, 0) is 47.4 Å². The van der Waals surface area contributed by atoms with Gasteiger partial charge < -0.3 is 5.10 Å². The predicted octanol–water partition coefficient (Wildman–Crippen LogP) is 3.09. The summed E-state index contributed by atoms with van der Waals surface area (Å²) in [6.45, 7) is 4.57. The maximum Gasteiger partial charge on any atom is 0.274 e. The van der Waals surface area contributed by atoms with Crippen molar-refractivity contribution in [1.29, 1.82) is 0 Å². The van der Waals surface area contributed by atoms with Gasteiger partial charge in [-0.15, -0.1) is 0 Å². The highest BCUT2D eigenvalue weighted by molar-refractivity contribution is 7.81. The molecule has 21 heavy (non-hydrogen) atoms. The summed E-state index contributed by atoms with van der Waals surface area (Å²) < 4.78 is 1.45. The molecule has 1 heterocycles. The van der Waals surface area contributed by atoms with Crippen molar-refractivity contribution in [3.05, 3.63) is 57.0 Å². The highest BCUT2D eigenvalue weighted by Gasteiger charge is 2.28. The van der Waals surface area contributed by atoms with Crippen molar-refractivity contribution in [1.82, 2.24) is 9.78 Å². The Morgan fingerprint density at radius 1 is 1.38 bits per heavy atom. The van der Waals surface area contributed by atoms with Crippen LogP contribution in [0.2, 0.25) is 0 Å². The quantitative estimate of drug-likeness (QED) is 0.683. The zero-order valence-corrected chi connectivity index (χ0v) is 13.5. The Hall–Kier alpha value is -1.68. The second-order valence-corrected chi connectivity index (χ2v) is 6.90. The van der Waals surface area contributed by atoms with Gasteiger partial charge in [0, 0.05) is 13.2 Å². The lowest BCUT2D eigenvalue weighted by atomic mass is 9.72. The molecule has 0 unspecified atom stereocenters. The summed E-state index contributed by atoms with van der Waals surface area (Å²) in [5, 5.41) is 2.88. The molecule has 0 aliphatic heterocycles. The molecule has 0 radical (unpaired) electrons. The second kappa shape index (κ2) is 4.95. The number of hydrogen-bond donors (Lipinski definition) is 1. The number of thiocarbonyl (C=S) groups is 1. The van der Waals surface area contributed by atoms with Crippen molar-refractivity contribution in [3.63, 3.8) is 0 Å². The Morgan fingerprint density at radius 2 is 2.14 bits per heavy atom. The molecule has 1 aromatic heterocycles. The Bertz CT molecular complexity index is 767. The van der Waals surface area contributed by atoms with Crippen molar-refractivity contribution >= 4 is 17.1 Å². The van der Waals surface area contributed by atoms with Gasteiger partial charge in [0.15, 0.2) is 0 Å². The number of benzene rings is 1. The fourth-order valence-corrected chi connectivity index (χ4v) is 3.47. The maximum atomic E-state index is 12.0. The van der Waals surface area contributed by atoms with Crippen LogP contribution in [-0.2, 0) is 18.9 Å². The van der Waals surface area contributed by atoms with Crippen LogP contribution >= 0.6 is 12.2 Å². The number of aryl methyl sites for hydroxylation is 2. The normalized spacial score (nSPS) is 16.5. The molecule has 1 aliphatic carbocycles. The van der Waals surface area contributed by atoms with Crippen molar-refractivity contribution < 1.29 is 0 Å². The van der Waals surface area contributed by atoms with Gasteiger partial charge in [-0.1, -0.05) is 38.2 Å². The van der Waals surface area contributed by atoms with Crippen LogP contribution in [0.4, 0.5) is 0 Å². The van der Waals surface area contributed by atoms with Gasteiger partial charge >= 0.3 is 0 Å². The lowest BCUT2D eigenvalue weighted by molar-refractivity contribution is 0.432. The van der Waals surface area contributed by atoms with E-state index < -0.39 is 0 Å². The predicted molar refractivity (Wildman–Crippen MR) is 89.2 cm³/mol. The third kappa shape index (κ3) is 2.38. The fourth-order valence-electron chi connectivity index (χ4n) is 3.20. The SMILES string of the molecule is Cn1[nH]cc(C(=S)c2ccc3c(c2)C(C)(C)CCC3)c1=O. The van der Waals surface area contributed by atoms with E-state index in [0.717, 1.165) is 12.0 Å². The summed E-state index contributed by atoms with van der Waals surface area (Å²) in [6.07, 6.45) is 5.26. The molecule has 2 aromatic rings. The summed E-state index contributed by atoms with van der Waals surface area (Å²) in [7, 11) is 1.70. The van der Waals surface area contributed by atoms with E-state index in [1.54, 1.807) is 13.2 Å². The van der Waals surface area contributed by atoms with Crippen molar-refractivity contribution in [2.24, 2.45) is 7.05 Å². The van der Waals surface area contributed by atoms with Crippen molar-refractivity contribution in [2.45, 2.75) is 38.5 Å². The number of aromatic nitrogens is 2. The van der Waals surface area contributed by atoms with Gasteiger partial charge in [0.1, 0.15) is 0 Å². The molecule has 3 nitrogen and oxygen atoms in total. The number of nitrogens with one attached hydrogen (secondary N) is 1. The van der Waals surface area contributed by atoms with Gasteiger partial charge in [0.2, 0.25) is 0 Å². The number of fused-ring (bicyclic) bond motifs is 1. The zero-order chi connectivity index (χ0) is 15.2. The topological polar surface area (TPSA) is 37.8 Å². The van der Waals surface area contributed by atoms with E-state index in [1.165, 1.54) is 28.7 Å². The van der Waals surface area contributed by atoms with E-state index in [2.05, 4.69) is 37.1 Å². The first-order valence-corrected chi connectivity index (χ1v) is 7.73. The zero-order valence-electron chi connectivity index (χ0n) is 12.7. The largest absolute Gasteiger partial charge is 0.302 e. The molecule has 110 valence electrons. The van der Waals surface area contributed by atoms with Gasteiger partial charge in [-0.3, -0.25) is 9.48 Å². The molecule has 4 heteroatoms. The van der Waals surface area contributed by atoms with Crippen molar-refractivity contribution in [3.8, 4) is 0 Å². The molecule has 1 N–H and O–H groups in total. The van der Waals surface area contributed by atoms with Crippen LogP contribution in [0.25, 0.3) is 0 Å². The molecule has 0 atom stereocenters. The lowest BCUT2D eigenvalue weighted by Gasteiger charge is -2.33. The Morgan fingerprint density at radius 3 is 2.81 bits per heavy atom. The molecule has 0 bridgehead atoms. The van der Waals surface area contributed by atoms with E-state index in [1.807, 2.05) is 0 Å². The minimum absolute atomic E-state index is 0.0722. The van der Waals surface area contributed by atoms with E-state index >= 15 is 0 Å². The first-order valence-electron chi connectivity index (χ1n) is 7.33. The van der Waals surface area contributed by atoms with Crippen LogP contribution in [0.15, 0.2) is 29.2 Å². The Balaban J connectivity index is 2.07. The van der Waals surface area contributed by atoms with E-state index in [0.29, 0.717) is 10.4 Å². The van der Waals surface area contributed by atoms with Crippen LogP contribution in [0.5, 0.6) is 0 Å². The minimum Gasteiger partial charge on any atom is -0.302 e. The first kappa shape index (κ1) is 14.3. The molecule has 3 rings (SSSR count). The first-order chi connectivity index (χ1) is 9.90. The van der Waals surface area contributed by atoms with E-state index in [9.17, 15) is 4.79 Å². The second-order valence-electron chi connectivity index (χ2n) is 6.49. The Labute approximate surface area is 130 Å².